The number of allylic oxidation sites excluding steroid dienone is 1. The lowest BCUT2D eigenvalue weighted by atomic mass is 9.88. The van der Waals surface area contributed by atoms with Gasteiger partial charge >= 0.3 is 0 Å². The van der Waals surface area contributed by atoms with Crippen molar-refractivity contribution in [2.24, 2.45) is 0 Å². The highest BCUT2D eigenvalue weighted by molar-refractivity contribution is 5.22. The van der Waals surface area contributed by atoms with Crippen molar-refractivity contribution in [2.75, 3.05) is 13.2 Å². The van der Waals surface area contributed by atoms with Gasteiger partial charge in [0.1, 0.15) is 11.4 Å². The van der Waals surface area contributed by atoms with Gasteiger partial charge in [0.2, 0.25) is 0 Å². The van der Waals surface area contributed by atoms with E-state index in [1.54, 1.807) is 6.08 Å². The maximum Gasteiger partial charge on any atom is 0.142 e. The maximum absolute atomic E-state index is 10.3. The number of ether oxygens (including phenoxy) is 2. The Kier molecular flexibility index (Phi) is 4.21. The zero-order chi connectivity index (χ0) is 11.3. The average Bonchev–Trinajstić information content (AvgIpc) is 2.19. The van der Waals surface area contributed by atoms with E-state index in [0.717, 1.165) is 18.6 Å². The third-order valence-electron chi connectivity index (χ3n) is 2.51. The molecular weight excluding hydrogens is 192 g/mol. The average molecular weight is 212 g/mol. The first-order chi connectivity index (χ1) is 7.12. The molecule has 3 nitrogen and oxygen atoms in total. The number of hydrogen-bond acceptors (Lipinski definition) is 3. The lowest BCUT2D eigenvalue weighted by Gasteiger charge is -2.31. The number of rotatable bonds is 5. The van der Waals surface area contributed by atoms with Gasteiger partial charge in [-0.15, -0.1) is 0 Å². The van der Waals surface area contributed by atoms with E-state index in [2.05, 4.69) is 6.58 Å². The summed E-state index contributed by atoms with van der Waals surface area (Å²) in [5.74, 6) is 1.26. The molecule has 0 aromatic rings. The van der Waals surface area contributed by atoms with Crippen LogP contribution >= 0.6 is 0 Å². The molecule has 0 fully saturated rings. The molecule has 0 amide bonds. The van der Waals surface area contributed by atoms with Gasteiger partial charge in [-0.2, -0.15) is 0 Å². The summed E-state index contributed by atoms with van der Waals surface area (Å²) in [6.45, 7) is 8.73. The molecule has 0 aromatic heterocycles. The molecule has 15 heavy (non-hydrogen) atoms. The zero-order valence-corrected chi connectivity index (χ0v) is 9.58. The monoisotopic (exact) mass is 212 g/mol. The van der Waals surface area contributed by atoms with E-state index in [9.17, 15) is 5.11 Å². The van der Waals surface area contributed by atoms with E-state index in [1.165, 1.54) is 0 Å². The standard InChI is InChI=1S/C12H20O3/c1-4-14-10(3)12(13)8-6-7-11(9-12)15-5-2/h9,13H,3-8H2,1-2H3. The number of aliphatic hydroxyl groups is 1. The van der Waals surface area contributed by atoms with E-state index in [0.29, 0.717) is 25.4 Å². The molecule has 1 N–H and O–H groups in total. The summed E-state index contributed by atoms with van der Waals surface area (Å²) in [7, 11) is 0. The van der Waals surface area contributed by atoms with Crippen LogP contribution in [0.1, 0.15) is 33.1 Å². The molecule has 1 rings (SSSR count). The molecule has 1 aliphatic carbocycles. The second kappa shape index (κ2) is 5.21. The quantitative estimate of drug-likeness (QED) is 0.711. The van der Waals surface area contributed by atoms with E-state index in [1.807, 2.05) is 13.8 Å². The Morgan fingerprint density at radius 2 is 2.27 bits per heavy atom. The van der Waals surface area contributed by atoms with Crippen LogP contribution in [0.4, 0.5) is 0 Å². The van der Waals surface area contributed by atoms with Crippen molar-refractivity contribution < 1.29 is 14.6 Å². The Bertz CT molecular complexity index is 258. The van der Waals surface area contributed by atoms with Gasteiger partial charge in [-0.25, -0.2) is 0 Å². The van der Waals surface area contributed by atoms with Gasteiger partial charge in [-0.05, 0) is 32.8 Å². The van der Waals surface area contributed by atoms with Gasteiger partial charge in [0.25, 0.3) is 0 Å². The largest absolute Gasteiger partial charge is 0.498 e. The lowest BCUT2D eigenvalue weighted by molar-refractivity contribution is 0.0314. The summed E-state index contributed by atoms with van der Waals surface area (Å²) in [6.07, 6.45) is 4.17. The third-order valence-corrected chi connectivity index (χ3v) is 2.51. The SMILES string of the molecule is C=C(OCC)C1(O)C=C(OCC)CCC1. The highest BCUT2D eigenvalue weighted by atomic mass is 16.5. The van der Waals surface area contributed by atoms with Crippen LogP contribution in [0.5, 0.6) is 0 Å². The number of hydrogen-bond donors (Lipinski definition) is 1. The van der Waals surface area contributed by atoms with Crippen molar-refractivity contribution in [1.82, 2.24) is 0 Å². The summed E-state index contributed by atoms with van der Waals surface area (Å²) in [5.41, 5.74) is -1.04. The lowest BCUT2D eigenvalue weighted by Crippen LogP contribution is -2.32. The fourth-order valence-electron chi connectivity index (χ4n) is 1.76. The summed E-state index contributed by atoms with van der Waals surface area (Å²) in [4.78, 5) is 0. The van der Waals surface area contributed by atoms with Crippen molar-refractivity contribution in [1.29, 1.82) is 0 Å². The Morgan fingerprint density at radius 1 is 1.53 bits per heavy atom. The molecule has 1 atom stereocenters. The van der Waals surface area contributed by atoms with Crippen molar-refractivity contribution in [3.8, 4) is 0 Å². The van der Waals surface area contributed by atoms with Gasteiger partial charge in [0.05, 0.1) is 19.0 Å². The van der Waals surface area contributed by atoms with Crippen molar-refractivity contribution in [3.05, 3.63) is 24.2 Å². The second-order valence-electron chi connectivity index (χ2n) is 3.68. The molecular formula is C12H20O3. The highest BCUT2D eigenvalue weighted by Crippen LogP contribution is 2.32. The first-order valence-corrected chi connectivity index (χ1v) is 5.51. The van der Waals surface area contributed by atoms with Crippen LogP contribution in [-0.4, -0.2) is 23.9 Å². The topological polar surface area (TPSA) is 38.7 Å². The van der Waals surface area contributed by atoms with E-state index in [-0.39, 0.29) is 0 Å². The fraction of sp³-hybridized carbons (Fsp3) is 0.667. The van der Waals surface area contributed by atoms with Gasteiger partial charge in [-0.1, -0.05) is 6.58 Å². The van der Waals surface area contributed by atoms with E-state index in [4.69, 9.17) is 9.47 Å². The van der Waals surface area contributed by atoms with Crippen LogP contribution in [0.2, 0.25) is 0 Å². The van der Waals surface area contributed by atoms with Gasteiger partial charge < -0.3 is 14.6 Å². The first kappa shape index (κ1) is 12.1. The fourth-order valence-corrected chi connectivity index (χ4v) is 1.76. The third kappa shape index (κ3) is 2.99. The Labute approximate surface area is 91.4 Å². The molecule has 0 bridgehead atoms. The van der Waals surface area contributed by atoms with Crippen LogP contribution in [0.15, 0.2) is 24.2 Å². The summed E-state index contributed by atoms with van der Waals surface area (Å²) in [6, 6.07) is 0. The molecule has 1 aliphatic rings. The van der Waals surface area contributed by atoms with Crippen LogP contribution in [0.3, 0.4) is 0 Å². The van der Waals surface area contributed by atoms with Crippen LogP contribution < -0.4 is 0 Å². The Hall–Kier alpha value is -0.960. The highest BCUT2D eigenvalue weighted by Gasteiger charge is 2.33. The predicted octanol–water partition coefficient (Wildman–Crippen LogP) is 2.37. The van der Waals surface area contributed by atoms with Crippen LogP contribution in [0.25, 0.3) is 0 Å². The maximum atomic E-state index is 10.3. The summed E-state index contributed by atoms with van der Waals surface area (Å²) < 4.78 is 10.7. The Morgan fingerprint density at radius 3 is 2.87 bits per heavy atom. The molecule has 3 heteroatoms. The normalized spacial score (nSPS) is 25.7. The van der Waals surface area contributed by atoms with Gasteiger partial charge in [0.15, 0.2) is 0 Å². The smallest absolute Gasteiger partial charge is 0.142 e. The van der Waals surface area contributed by atoms with E-state index >= 15 is 0 Å². The van der Waals surface area contributed by atoms with Gasteiger partial charge in [-0.3, -0.25) is 0 Å². The minimum absolute atomic E-state index is 0.418. The molecule has 0 saturated carbocycles. The van der Waals surface area contributed by atoms with Crippen molar-refractivity contribution in [2.45, 2.75) is 38.7 Å². The van der Waals surface area contributed by atoms with Crippen LogP contribution in [0, 0.1) is 0 Å². The molecule has 86 valence electrons. The van der Waals surface area contributed by atoms with Crippen LogP contribution in [-0.2, 0) is 9.47 Å². The van der Waals surface area contributed by atoms with Crippen molar-refractivity contribution >= 4 is 0 Å². The molecule has 0 heterocycles. The zero-order valence-electron chi connectivity index (χ0n) is 9.58. The van der Waals surface area contributed by atoms with E-state index < -0.39 is 5.60 Å². The molecule has 0 aromatic carbocycles. The van der Waals surface area contributed by atoms with Crippen molar-refractivity contribution in [3.63, 3.8) is 0 Å². The molecule has 1 unspecified atom stereocenters. The molecule has 0 saturated heterocycles. The second-order valence-corrected chi connectivity index (χ2v) is 3.68. The Balaban J connectivity index is 2.74. The predicted molar refractivity (Wildman–Crippen MR) is 59.3 cm³/mol. The molecule has 0 radical (unpaired) electrons. The minimum Gasteiger partial charge on any atom is -0.498 e. The molecule has 0 aliphatic heterocycles. The first-order valence-electron chi connectivity index (χ1n) is 5.51. The van der Waals surface area contributed by atoms with Gasteiger partial charge in [0, 0.05) is 6.42 Å². The minimum atomic E-state index is -1.04. The summed E-state index contributed by atoms with van der Waals surface area (Å²) in [5, 5.41) is 10.3. The molecule has 0 spiro atoms. The summed E-state index contributed by atoms with van der Waals surface area (Å²) >= 11 is 0.